The summed E-state index contributed by atoms with van der Waals surface area (Å²) in [6.07, 6.45) is 1.20. The highest BCUT2D eigenvalue weighted by atomic mass is 35.5. The number of aryl methyl sites for hydroxylation is 1. The number of hydrogen-bond acceptors (Lipinski definition) is 8. The molecule has 1 atom stereocenters. The van der Waals surface area contributed by atoms with Gasteiger partial charge in [0, 0.05) is 31.4 Å². The van der Waals surface area contributed by atoms with Gasteiger partial charge in [-0.3, -0.25) is 4.98 Å². The first-order valence-electron chi connectivity index (χ1n) is 14.7. The minimum Gasteiger partial charge on any atom is -0.489 e. The molecule has 5 heterocycles. The van der Waals surface area contributed by atoms with Gasteiger partial charge in [-0.25, -0.2) is 27.9 Å². The summed E-state index contributed by atoms with van der Waals surface area (Å²) in [6.45, 7) is 12.0. The first-order chi connectivity index (χ1) is 21.3. The minimum atomic E-state index is -1.14. The van der Waals surface area contributed by atoms with E-state index in [0.717, 1.165) is 11.6 Å². The normalized spacial score (nSPS) is 16.4. The van der Waals surface area contributed by atoms with E-state index in [1.54, 1.807) is 37.9 Å². The molecule has 0 spiro atoms. The number of fused-ring (bicyclic) bond motifs is 2. The Balaban J connectivity index is 1.62. The zero-order valence-corrected chi connectivity index (χ0v) is 26.6. The molecule has 1 amide bonds. The summed E-state index contributed by atoms with van der Waals surface area (Å²) in [4.78, 5) is 44.4. The molecule has 0 bridgehead atoms. The van der Waals surface area contributed by atoms with Crippen molar-refractivity contribution in [3.8, 4) is 22.7 Å². The van der Waals surface area contributed by atoms with E-state index in [9.17, 15) is 14.0 Å². The summed E-state index contributed by atoms with van der Waals surface area (Å²) in [5, 5.41) is 0.280. The predicted octanol–water partition coefficient (Wildman–Crippen LogP) is 6.02. The van der Waals surface area contributed by atoms with Crippen LogP contribution >= 0.6 is 11.6 Å². The van der Waals surface area contributed by atoms with Crippen LogP contribution in [0.15, 0.2) is 35.3 Å². The van der Waals surface area contributed by atoms with Crippen molar-refractivity contribution in [3.63, 3.8) is 0 Å². The summed E-state index contributed by atoms with van der Waals surface area (Å²) in [5.74, 6) is -1.88. The van der Waals surface area contributed by atoms with E-state index in [1.807, 2.05) is 25.7 Å². The lowest BCUT2D eigenvalue weighted by molar-refractivity contribution is 0.0202. The van der Waals surface area contributed by atoms with Crippen LogP contribution in [0.5, 0.6) is 5.75 Å². The van der Waals surface area contributed by atoms with Crippen molar-refractivity contribution in [3.05, 3.63) is 68.9 Å². The molecule has 1 saturated heterocycles. The highest BCUT2D eigenvalue weighted by Gasteiger charge is 2.39. The number of nitrogens with zero attached hydrogens (tertiary/aromatic N) is 6. The fourth-order valence-electron chi connectivity index (χ4n) is 5.82. The Kier molecular flexibility index (Phi) is 7.67. The molecule has 0 aliphatic carbocycles. The van der Waals surface area contributed by atoms with E-state index in [1.165, 1.54) is 16.7 Å². The van der Waals surface area contributed by atoms with Gasteiger partial charge in [0.2, 0.25) is 0 Å². The van der Waals surface area contributed by atoms with Crippen LogP contribution in [0.25, 0.3) is 28.0 Å². The summed E-state index contributed by atoms with van der Waals surface area (Å²) < 4.78 is 43.0. The molecule has 0 saturated carbocycles. The molecular formula is C32H33ClF2N6O4. The number of carbonyl (C=O) groups excluding carboxylic acids is 1. The van der Waals surface area contributed by atoms with Gasteiger partial charge < -0.3 is 19.3 Å². The second-order valence-electron chi connectivity index (χ2n) is 12.6. The fourth-order valence-corrected chi connectivity index (χ4v) is 6.12. The van der Waals surface area contributed by atoms with Crippen LogP contribution in [-0.4, -0.2) is 68.4 Å². The number of rotatable bonds is 3. The Labute approximate surface area is 263 Å². The van der Waals surface area contributed by atoms with Crippen molar-refractivity contribution in [2.24, 2.45) is 0 Å². The highest BCUT2D eigenvalue weighted by Crippen LogP contribution is 2.45. The van der Waals surface area contributed by atoms with E-state index in [4.69, 9.17) is 26.1 Å². The third-order valence-electron chi connectivity index (χ3n) is 7.86. The molecule has 2 aliphatic rings. The van der Waals surface area contributed by atoms with Crippen molar-refractivity contribution in [2.75, 3.05) is 31.1 Å². The number of anilines is 1. The standard InChI is InChI=1S/C32H33ClF2N6O4/c1-16(2)24-26(17(3)10-11-36-24)41-29-21-27(22(33)25(37-29)19-8-7-9-20(34)23(19)35)44-15-18-14-39(31(43)45-32(4,5)6)12-13-40(18)28(21)38-30(41)42/h7-11,16,18H,12-15H2,1-6H3/t18-/m1/s1. The second kappa shape index (κ2) is 11.2. The maximum Gasteiger partial charge on any atom is 0.410 e. The van der Waals surface area contributed by atoms with Crippen molar-refractivity contribution in [1.82, 2.24) is 24.4 Å². The lowest BCUT2D eigenvalue weighted by Crippen LogP contribution is -2.57. The third-order valence-corrected chi connectivity index (χ3v) is 8.21. The van der Waals surface area contributed by atoms with E-state index in [-0.39, 0.29) is 52.6 Å². The third kappa shape index (κ3) is 5.34. The Morgan fingerprint density at radius 1 is 1.16 bits per heavy atom. The Morgan fingerprint density at radius 3 is 2.62 bits per heavy atom. The van der Waals surface area contributed by atoms with Gasteiger partial charge in [-0.1, -0.05) is 31.5 Å². The van der Waals surface area contributed by atoms with Crippen LogP contribution in [0.3, 0.4) is 0 Å². The quantitative estimate of drug-likeness (QED) is 0.268. The zero-order valence-electron chi connectivity index (χ0n) is 25.8. The molecule has 1 fully saturated rings. The van der Waals surface area contributed by atoms with Crippen LogP contribution in [0.1, 0.15) is 51.8 Å². The van der Waals surface area contributed by atoms with Crippen molar-refractivity contribution >= 4 is 34.5 Å². The number of ether oxygens (including phenoxy) is 2. The Hall–Kier alpha value is -4.32. The highest BCUT2D eigenvalue weighted by molar-refractivity contribution is 6.36. The number of pyridine rings is 2. The molecule has 0 radical (unpaired) electrons. The summed E-state index contributed by atoms with van der Waals surface area (Å²) in [6, 6.07) is 5.06. The van der Waals surface area contributed by atoms with Crippen LogP contribution < -0.4 is 15.3 Å². The average molecular weight is 639 g/mol. The monoisotopic (exact) mass is 638 g/mol. The average Bonchev–Trinajstić information content (AvgIpc) is 3.13. The van der Waals surface area contributed by atoms with E-state index >= 15 is 4.39 Å². The number of hydrogen-bond donors (Lipinski definition) is 0. The molecule has 0 unspecified atom stereocenters. The summed E-state index contributed by atoms with van der Waals surface area (Å²) in [5.41, 5.74) is 0.358. The van der Waals surface area contributed by atoms with Gasteiger partial charge in [0.05, 0.1) is 23.1 Å². The summed E-state index contributed by atoms with van der Waals surface area (Å²) in [7, 11) is 0. The molecule has 45 heavy (non-hydrogen) atoms. The number of benzene rings is 1. The van der Waals surface area contributed by atoms with Gasteiger partial charge in [0.25, 0.3) is 0 Å². The lowest BCUT2D eigenvalue weighted by Gasteiger charge is -2.41. The van der Waals surface area contributed by atoms with Gasteiger partial charge in [-0.05, 0) is 57.4 Å². The van der Waals surface area contributed by atoms with Crippen LogP contribution in [0.2, 0.25) is 5.02 Å². The molecule has 13 heteroatoms. The van der Waals surface area contributed by atoms with Crippen molar-refractivity contribution in [2.45, 2.75) is 59.1 Å². The number of amides is 1. The molecule has 0 N–H and O–H groups in total. The van der Waals surface area contributed by atoms with Crippen LogP contribution in [0.4, 0.5) is 19.4 Å². The van der Waals surface area contributed by atoms with Crippen molar-refractivity contribution in [1.29, 1.82) is 0 Å². The molecule has 3 aromatic heterocycles. The van der Waals surface area contributed by atoms with E-state index in [0.29, 0.717) is 29.9 Å². The van der Waals surface area contributed by atoms with Gasteiger partial charge in [-0.15, -0.1) is 0 Å². The van der Waals surface area contributed by atoms with Gasteiger partial charge in [0.15, 0.2) is 23.0 Å². The van der Waals surface area contributed by atoms with E-state index < -0.39 is 35.1 Å². The topological polar surface area (TPSA) is 103 Å². The zero-order chi connectivity index (χ0) is 32.4. The minimum absolute atomic E-state index is 0.0525. The molecule has 6 rings (SSSR count). The maximum absolute atomic E-state index is 15.2. The first kappa shape index (κ1) is 30.7. The van der Waals surface area contributed by atoms with Gasteiger partial charge in [0.1, 0.15) is 28.4 Å². The van der Waals surface area contributed by atoms with Crippen molar-refractivity contribution < 1.29 is 23.0 Å². The molecule has 1 aromatic carbocycles. The van der Waals surface area contributed by atoms with E-state index in [2.05, 4.69) is 9.97 Å². The smallest absolute Gasteiger partial charge is 0.410 e. The lowest BCUT2D eigenvalue weighted by atomic mass is 10.0. The Morgan fingerprint density at radius 2 is 1.91 bits per heavy atom. The molecule has 2 aliphatic heterocycles. The van der Waals surface area contributed by atoms with Gasteiger partial charge in [-0.2, -0.15) is 4.98 Å². The molecule has 236 valence electrons. The Bertz CT molecular complexity index is 1910. The molecular weight excluding hydrogens is 606 g/mol. The van der Waals surface area contributed by atoms with Crippen LogP contribution in [0, 0.1) is 18.6 Å². The molecule has 10 nitrogen and oxygen atoms in total. The number of carbonyl (C=O) groups is 1. The molecule has 4 aromatic rings. The SMILES string of the molecule is Cc1ccnc(C(C)C)c1-n1c(=O)nc2c3c(c(Cl)c(-c4cccc(F)c4F)nc31)OC[C@H]1CN(C(=O)OC(C)(C)C)CCN21. The largest absolute Gasteiger partial charge is 0.489 e. The number of piperazine rings is 1. The first-order valence-corrected chi connectivity index (χ1v) is 15.1. The predicted molar refractivity (Wildman–Crippen MR) is 167 cm³/mol. The second-order valence-corrected chi connectivity index (χ2v) is 12.9. The number of aromatic nitrogens is 4. The fraction of sp³-hybridized carbons (Fsp3) is 0.406. The van der Waals surface area contributed by atoms with Gasteiger partial charge >= 0.3 is 11.8 Å². The number of halogens is 3. The maximum atomic E-state index is 15.2. The van der Waals surface area contributed by atoms with Crippen LogP contribution in [-0.2, 0) is 4.74 Å². The summed E-state index contributed by atoms with van der Waals surface area (Å²) >= 11 is 6.92.